The van der Waals surface area contributed by atoms with Crippen LogP contribution in [0.3, 0.4) is 0 Å². The summed E-state index contributed by atoms with van der Waals surface area (Å²) in [5, 5.41) is 4.63. The van der Waals surface area contributed by atoms with Gasteiger partial charge in [-0.25, -0.2) is 4.98 Å². The number of fused-ring (bicyclic) bond motifs is 1. The molecular formula is C23H30N2O4S2. The average Bonchev–Trinajstić information content (AvgIpc) is 3.50. The molecular weight excluding hydrogens is 432 g/mol. The molecule has 0 aromatic carbocycles. The fourth-order valence-electron chi connectivity index (χ4n) is 4.75. The largest absolute Gasteiger partial charge is 0.465 e. The zero-order valence-electron chi connectivity index (χ0n) is 18.3. The number of hydrogen-bond acceptors (Lipinski definition) is 7. The topological polar surface area (TPSA) is 68.7 Å². The third kappa shape index (κ3) is 5.02. The summed E-state index contributed by atoms with van der Waals surface area (Å²) in [6, 6.07) is 3.98. The minimum Gasteiger partial charge on any atom is -0.465 e. The van der Waals surface area contributed by atoms with E-state index in [0.717, 1.165) is 35.8 Å². The molecule has 0 unspecified atom stereocenters. The molecule has 6 nitrogen and oxygen atoms in total. The highest BCUT2D eigenvalue weighted by Gasteiger charge is 2.43. The van der Waals surface area contributed by atoms with Crippen LogP contribution in [0.2, 0.25) is 0 Å². The number of carbonyl (C=O) groups is 2. The molecule has 168 valence electrons. The second-order valence-corrected chi connectivity index (χ2v) is 10.6. The van der Waals surface area contributed by atoms with E-state index in [9.17, 15) is 9.59 Å². The molecule has 0 radical (unpaired) electrons. The lowest BCUT2D eigenvalue weighted by Gasteiger charge is -2.34. The molecule has 0 bridgehead atoms. The minimum absolute atomic E-state index is 0.00769. The van der Waals surface area contributed by atoms with Gasteiger partial charge >= 0.3 is 5.97 Å². The lowest BCUT2D eigenvalue weighted by Crippen LogP contribution is -2.43. The number of rotatable bonds is 7. The second kappa shape index (κ2) is 9.79. The van der Waals surface area contributed by atoms with Gasteiger partial charge in [-0.3, -0.25) is 9.59 Å². The van der Waals surface area contributed by atoms with Crippen molar-refractivity contribution in [3.8, 4) is 9.88 Å². The van der Waals surface area contributed by atoms with Gasteiger partial charge < -0.3 is 14.4 Å². The van der Waals surface area contributed by atoms with E-state index in [1.165, 1.54) is 11.3 Å². The Balaban J connectivity index is 1.52. The first-order valence-corrected chi connectivity index (χ1v) is 12.8. The highest BCUT2D eigenvalue weighted by molar-refractivity contribution is 7.20. The molecule has 1 aliphatic carbocycles. The predicted molar refractivity (Wildman–Crippen MR) is 122 cm³/mol. The molecule has 2 fully saturated rings. The van der Waals surface area contributed by atoms with Crippen LogP contribution in [0.1, 0.15) is 50.5 Å². The number of carbonyl (C=O) groups excluding carboxylic acids is 2. The molecule has 1 aliphatic heterocycles. The maximum atomic E-state index is 13.5. The molecule has 3 heterocycles. The third-order valence-electron chi connectivity index (χ3n) is 6.38. The van der Waals surface area contributed by atoms with E-state index >= 15 is 0 Å². The maximum Gasteiger partial charge on any atom is 0.325 e. The zero-order chi connectivity index (χ0) is 22.0. The molecule has 0 spiro atoms. The first kappa shape index (κ1) is 22.4. The van der Waals surface area contributed by atoms with E-state index < -0.39 is 0 Å². The normalized spacial score (nSPS) is 25.4. The standard InChI is InChI=1S/C23H30N2O4S2/c1-4-28-21(26)11-25(17-8-15-10-19(14(2)3)29-12-16(15)9-17)23(27)18-13-31-22(24-18)20-6-5-7-30-20/h5-7,13-17,19H,4,8-12H2,1-3H3/t15-,16+,17-,19-/m0/s1. The lowest BCUT2D eigenvalue weighted by atomic mass is 9.85. The van der Waals surface area contributed by atoms with E-state index in [4.69, 9.17) is 9.47 Å². The Morgan fingerprint density at radius 2 is 2.06 bits per heavy atom. The van der Waals surface area contributed by atoms with E-state index in [2.05, 4.69) is 18.8 Å². The van der Waals surface area contributed by atoms with Crippen molar-refractivity contribution in [3.05, 3.63) is 28.6 Å². The van der Waals surface area contributed by atoms with E-state index in [0.29, 0.717) is 30.1 Å². The summed E-state index contributed by atoms with van der Waals surface area (Å²) in [5.41, 5.74) is 0.406. The number of thiazole rings is 1. The molecule has 2 aromatic heterocycles. The summed E-state index contributed by atoms with van der Waals surface area (Å²) in [6.45, 7) is 7.19. The van der Waals surface area contributed by atoms with Crippen molar-refractivity contribution in [1.82, 2.24) is 9.88 Å². The Bertz CT molecular complexity index is 895. The number of nitrogens with zero attached hydrogens (tertiary/aromatic N) is 2. The van der Waals surface area contributed by atoms with Crippen LogP contribution < -0.4 is 0 Å². The van der Waals surface area contributed by atoms with Crippen LogP contribution in [-0.2, 0) is 14.3 Å². The van der Waals surface area contributed by atoms with Gasteiger partial charge in [0.2, 0.25) is 0 Å². The van der Waals surface area contributed by atoms with Crippen LogP contribution in [0, 0.1) is 17.8 Å². The van der Waals surface area contributed by atoms with Crippen LogP contribution in [-0.4, -0.2) is 53.7 Å². The Morgan fingerprint density at radius 1 is 1.26 bits per heavy atom. The van der Waals surface area contributed by atoms with Gasteiger partial charge in [0.25, 0.3) is 5.91 Å². The fraction of sp³-hybridized carbons (Fsp3) is 0.609. The van der Waals surface area contributed by atoms with Gasteiger partial charge in [-0.05, 0) is 55.4 Å². The molecule has 4 rings (SSSR count). The van der Waals surface area contributed by atoms with Crippen LogP contribution in [0.25, 0.3) is 9.88 Å². The summed E-state index contributed by atoms with van der Waals surface area (Å²) < 4.78 is 11.3. The van der Waals surface area contributed by atoms with Crippen molar-refractivity contribution in [2.24, 2.45) is 17.8 Å². The van der Waals surface area contributed by atoms with Gasteiger partial charge in [0.15, 0.2) is 0 Å². The predicted octanol–water partition coefficient (Wildman–Crippen LogP) is 4.72. The fourth-order valence-corrected chi connectivity index (χ4v) is 6.36. The van der Waals surface area contributed by atoms with Gasteiger partial charge in [0.05, 0.1) is 24.2 Å². The molecule has 31 heavy (non-hydrogen) atoms. The Labute approximate surface area is 191 Å². The van der Waals surface area contributed by atoms with Crippen LogP contribution in [0.4, 0.5) is 0 Å². The van der Waals surface area contributed by atoms with Crippen LogP contribution in [0.15, 0.2) is 22.9 Å². The van der Waals surface area contributed by atoms with Crippen molar-refractivity contribution in [1.29, 1.82) is 0 Å². The van der Waals surface area contributed by atoms with Crippen LogP contribution >= 0.6 is 22.7 Å². The zero-order valence-corrected chi connectivity index (χ0v) is 19.9. The Kier molecular flexibility index (Phi) is 7.08. The summed E-state index contributed by atoms with van der Waals surface area (Å²) in [4.78, 5) is 33.1. The molecule has 1 saturated carbocycles. The Morgan fingerprint density at radius 3 is 2.77 bits per heavy atom. The minimum atomic E-state index is -0.365. The number of amides is 1. The number of esters is 1. The summed E-state index contributed by atoms with van der Waals surface area (Å²) in [7, 11) is 0. The van der Waals surface area contributed by atoms with E-state index in [-0.39, 0.29) is 30.6 Å². The van der Waals surface area contributed by atoms with Crippen molar-refractivity contribution in [2.45, 2.75) is 52.2 Å². The highest BCUT2D eigenvalue weighted by Crippen LogP contribution is 2.43. The number of aromatic nitrogens is 1. The van der Waals surface area contributed by atoms with E-state index in [1.54, 1.807) is 28.5 Å². The Hall–Kier alpha value is -1.77. The van der Waals surface area contributed by atoms with Crippen molar-refractivity contribution in [3.63, 3.8) is 0 Å². The quantitative estimate of drug-likeness (QED) is 0.557. The third-order valence-corrected chi connectivity index (χ3v) is 8.26. The molecule has 0 N–H and O–H groups in total. The summed E-state index contributed by atoms with van der Waals surface area (Å²) in [5.74, 6) is 0.908. The SMILES string of the molecule is CCOC(=O)CN(C(=O)c1csc(-c2cccs2)n1)[C@@H]1C[C@@H]2CO[C@H](C(C)C)C[C@@H]2C1. The summed E-state index contributed by atoms with van der Waals surface area (Å²) >= 11 is 3.07. The van der Waals surface area contributed by atoms with Crippen molar-refractivity contribution >= 4 is 34.6 Å². The first-order chi connectivity index (χ1) is 15.0. The first-order valence-electron chi connectivity index (χ1n) is 11.0. The van der Waals surface area contributed by atoms with Crippen LogP contribution in [0.5, 0.6) is 0 Å². The van der Waals surface area contributed by atoms with Gasteiger partial charge in [-0.15, -0.1) is 22.7 Å². The average molecular weight is 463 g/mol. The second-order valence-electron chi connectivity index (χ2n) is 8.75. The number of thiophene rings is 1. The van der Waals surface area contributed by atoms with Gasteiger partial charge in [-0.1, -0.05) is 19.9 Å². The number of hydrogen-bond donors (Lipinski definition) is 0. The summed E-state index contributed by atoms with van der Waals surface area (Å²) in [6.07, 6.45) is 3.08. The van der Waals surface area contributed by atoms with E-state index in [1.807, 2.05) is 17.5 Å². The molecule has 1 saturated heterocycles. The molecule has 1 amide bonds. The van der Waals surface area contributed by atoms with Gasteiger partial charge in [0.1, 0.15) is 17.2 Å². The molecule has 2 aromatic rings. The highest BCUT2D eigenvalue weighted by atomic mass is 32.1. The molecule has 8 heteroatoms. The van der Waals surface area contributed by atoms with Crippen molar-refractivity contribution < 1.29 is 19.1 Å². The number of ether oxygens (including phenoxy) is 2. The smallest absolute Gasteiger partial charge is 0.325 e. The molecule has 4 atom stereocenters. The van der Waals surface area contributed by atoms with Crippen molar-refractivity contribution in [2.75, 3.05) is 19.8 Å². The molecule has 2 aliphatic rings. The lowest BCUT2D eigenvalue weighted by molar-refractivity contribution is -0.144. The van der Waals surface area contributed by atoms with Gasteiger partial charge in [-0.2, -0.15) is 0 Å². The maximum absolute atomic E-state index is 13.5. The monoisotopic (exact) mass is 462 g/mol. The van der Waals surface area contributed by atoms with Gasteiger partial charge in [0, 0.05) is 11.4 Å².